The SMILES string of the molecule is Cc1cccc(C(C)C)c1Nc1nccc(C(=O)N2CCCCCC2)n1. The van der Waals surface area contributed by atoms with E-state index >= 15 is 0 Å². The summed E-state index contributed by atoms with van der Waals surface area (Å²) in [5.74, 6) is 0.868. The van der Waals surface area contributed by atoms with Crippen molar-refractivity contribution in [3.63, 3.8) is 0 Å². The molecule has 1 aliphatic rings. The highest BCUT2D eigenvalue weighted by molar-refractivity contribution is 5.92. The van der Waals surface area contributed by atoms with Gasteiger partial charge in [0.15, 0.2) is 0 Å². The zero-order valence-corrected chi connectivity index (χ0v) is 16.0. The molecule has 5 nitrogen and oxygen atoms in total. The fourth-order valence-corrected chi connectivity index (χ4v) is 3.43. The third-order valence-corrected chi connectivity index (χ3v) is 4.93. The first kappa shape index (κ1) is 18.4. The molecule has 0 bridgehead atoms. The molecule has 0 unspecified atom stereocenters. The Hall–Kier alpha value is -2.43. The second-order valence-corrected chi connectivity index (χ2v) is 7.29. The van der Waals surface area contributed by atoms with Crippen molar-refractivity contribution in [3.8, 4) is 0 Å². The Labute approximate surface area is 155 Å². The number of rotatable bonds is 4. The van der Waals surface area contributed by atoms with E-state index in [0.29, 0.717) is 17.6 Å². The zero-order valence-electron chi connectivity index (χ0n) is 16.0. The van der Waals surface area contributed by atoms with Crippen LogP contribution in [0.1, 0.15) is 67.1 Å². The van der Waals surface area contributed by atoms with E-state index in [-0.39, 0.29) is 5.91 Å². The molecular formula is C21H28N4O. The maximum atomic E-state index is 12.8. The van der Waals surface area contributed by atoms with Crippen LogP contribution in [0.3, 0.4) is 0 Å². The van der Waals surface area contributed by atoms with Crippen LogP contribution in [0.4, 0.5) is 11.6 Å². The minimum atomic E-state index is 0.00576. The normalized spacial score (nSPS) is 15.0. The lowest BCUT2D eigenvalue weighted by Crippen LogP contribution is -2.32. The average Bonchev–Trinajstić information content (AvgIpc) is 2.92. The molecule has 1 fully saturated rings. The largest absolute Gasteiger partial charge is 0.337 e. The van der Waals surface area contributed by atoms with Gasteiger partial charge in [0.25, 0.3) is 5.91 Å². The molecule has 2 aromatic rings. The monoisotopic (exact) mass is 352 g/mol. The Morgan fingerprint density at radius 2 is 1.85 bits per heavy atom. The van der Waals surface area contributed by atoms with E-state index in [1.54, 1.807) is 12.3 Å². The fourth-order valence-electron chi connectivity index (χ4n) is 3.43. The third kappa shape index (κ3) is 4.21. The van der Waals surface area contributed by atoms with Crippen LogP contribution in [0.2, 0.25) is 0 Å². The first-order valence-electron chi connectivity index (χ1n) is 9.55. The van der Waals surface area contributed by atoms with Crippen LogP contribution in [0.25, 0.3) is 0 Å². The van der Waals surface area contributed by atoms with E-state index < -0.39 is 0 Å². The van der Waals surface area contributed by atoms with Crippen LogP contribution < -0.4 is 5.32 Å². The summed E-state index contributed by atoms with van der Waals surface area (Å²) >= 11 is 0. The number of likely N-dealkylation sites (tertiary alicyclic amines) is 1. The van der Waals surface area contributed by atoms with Gasteiger partial charge in [-0.05, 0) is 42.9 Å². The predicted molar refractivity (Wildman–Crippen MR) is 105 cm³/mol. The second-order valence-electron chi connectivity index (χ2n) is 7.29. The Kier molecular flexibility index (Phi) is 5.86. The van der Waals surface area contributed by atoms with Crippen LogP contribution in [0.5, 0.6) is 0 Å². The first-order chi connectivity index (χ1) is 12.6. The number of carbonyl (C=O) groups is 1. The molecule has 1 aromatic carbocycles. The summed E-state index contributed by atoms with van der Waals surface area (Å²) in [7, 11) is 0. The van der Waals surface area contributed by atoms with Crippen molar-refractivity contribution in [1.82, 2.24) is 14.9 Å². The van der Waals surface area contributed by atoms with Crippen LogP contribution in [0.15, 0.2) is 30.5 Å². The highest BCUT2D eigenvalue weighted by Crippen LogP contribution is 2.29. The predicted octanol–water partition coefficient (Wildman–Crippen LogP) is 4.67. The van der Waals surface area contributed by atoms with Gasteiger partial charge < -0.3 is 10.2 Å². The van der Waals surface area contributed by atoms with Gasteiger partial charge in [-0.1, -0.05) is 44.9 Å². The standard InChI is InChI=1S/C21H28N4O/c1-15(2)17-10-8-9-16(3)19(17)24-21-22-12-11-18(23-21)20(26)25-13-6-4-5-7-14-25/h8-12,15H,4-7,13-14H2,1-3H3,(H,22,23,24). The lowest BCUT2D eigenvalue weighted by Gasteiger charge is -2.20. The highest BCUT2D eigenvalue weighted by Gasteiger charge is 2.19. The molecule has 1 amide bonds. The maximum absolute atomic E-state index is 12.8. The Balaban J connectivity index is 1.83. The number of hydrogen-bond donors (Lipinski definition) is 1. The lowest BCUT2D eigenvalue weighted by atomic mass is 9.98. The molecule has 26 heavy (non-hydrogen) atoms. The number of aromatic nitrogens is 2. The minimum Gasteiger partial charge on any atom is -0.337 e. The summed E-state index contributed by atoms with van der Waals surface area (Å²) in [5, 5.41) is 3.34. The number of benzene rings is 1. The highest BCUT2D eigenvalue weighted by atomic mass is 16.2. The number of hydrogen-bond acceptors (Lipinski definition) is 4. The van der Waals surface area contributed by atoms with Gasteiger partial charge in [-0.2, -0.15) is 0 Å². The summed E-state index contributed by atoms with van der Waals surface area (Å²) in [6.07, 6.45) is 6.21. The average molecular weight is 352 g/mol. The molecule has 5 heteroatoms. The Morgan fingerprint density at radius 3 is 2.54 bits per heavy atom. The van der Waals surface area contributed by atoms with E-state index in [1.807, 2.05) is 4.90 Å². The van der Waals surface area contributed by atoms with Gasteiger partial charge in [0.05, 0.1) is 0 Å². The van der Waals surface area contributed by atoms with Gasteiger partial charge in [0.1, 0.15) is 5.69 Å². The zero-order chi connectivity index (χ0) is 18.5. The molecule has 0 saturated carbocycles. The topological polar surface area (TPSA) is 58.1 Å². The van der Waals surface area contributed by atoms with Crippen molar-refractivity contribution in [2.45, 2.75) is 52.4 Å². The number of nitrogens with one attached hydrogen (secondary N) is 1. The molecule has 0 atom stereocenters. The minimum absolute atomic E-state index is 0.00576. The number of amides is 1. The molecule has 1 aromatic heterocycles. The van der Waals surface area contributed by atoms with Crippen LogP contribution in [-0.2, 0) is 0 Å². The molecule has 1 aliphatic heterocycles. The number of para-hydroxylation sites is 1. The number of aryl methyl sites for hydroxylation is 1. The molecule has 2 heterocycles. The molecule has 0 spiro atoms. The van der Waals surface area contributed by atoms with E-state index in [2.05, 4.69) is 54.3 Å². The molecule has 3 rings (SSSR count). The molecule has 1 N–H and O–H groups in total. The van der Waals surface area contributed by atoms with Gasteiger partial charge in [-0.15, -0.1) is 0 Å². The summed E-state index contributed by atoms with van der Waals surface area (Å²) in [6, 6.07) is 7.96. The second kappa shape index (κ2) is 8.30. The number of anilines is 2. The van der Waals surface area contributed by atoms with Gasteiger partial charge in [-0.25, -0.2) is 9.97 Å². The first-order valence-corrected chi connectivity index (χ1v) is 9.55. The van der Waals surface area contributed by atoms with E-state index in [4.69, 9.17) is 0 Å². The maximum Gasteiger partial charge on any atom is 0.272 e. The smallest absolute Gasteiger partial charge is 0.272 e. The molecule has 138 valence electrons. The molecular weight excluding hydrogens is 324 g/mol. The Bertz CT molecular complexity index is 764. The summed E-state index contributed by atoms with van der Waals surface area (Å²) in [4.78, 5) is 23.6. The van der Waals surface area contributed by atoms with Crippen LogP contribution in [0, 0.1) is 6.92 Å². The molecule has 1 saturated heterocycles. The fraction of sp³-hybridized carbons (Fsp3) is 0.476. The van der Waals surface area contributed by atoms with Crippen molar-refractivity contribution in [2.75, 3.05) is 18.4 Å². The van der Waals surface area contributed by atoms with Gasteiger partial charge in [0, 0.05) is 25.0 Å². The van der Waals surface area contributed by atoms with Crippen molar-refractivity contribution in [2.24, 2.45) is 0 Å². The summed E-state index contributed by atoms with van der Waals surface area (Å²) in [6.45, 7) is 8.04. The number of carbonyl (C=O) groups excluding carboxylic acids is 1. The number of nitrogens with zero attached hydrogens (tertiary/aromatic N) is 3. The van der Waals surface area contributed by atoms with Gasteiger partial charge in [0.2, 0.25) is 5.95 Å². The van der Waals surface area contributed by atoms with Crippen molar-refractivity contribution < 1.29 is 4.79 Å². The van der Waals surface area contributed by atoms with Gasteiger partial charge in [-0.3, -0.25) is 4.79 Å². The van der Waals surface area contributed by atoms with Crippen molar-refractivity contribution in [1.29, 1.82) is 0 Å². The van der Waals surface area contributed by atoms with Gasteiger partial charge >= 0.3 is 0 Å². The van der Waals surface area contributed by atoms with Crippen molar-refractivity contribution in [3.05, 3.63) is 47.3 Å². The molecule has 0 aliphatic carbocycles. The van der Waals surface area contributed by atoms with Crippen LogP contribution in [-0.4, -0.2) is 33.9 Å². The summed E-state index contributed by atoms with van der Waals surface area (Å²) in [5.41, 5.74) is 3.85. The van der Waals surface area contributed by atoms with E-state index in [0.717, 1.165) is 37.2 Å². The Morgan fingerprint density at radius 1 is 1.12 bits per heavy atom. The van der Waals surface area contributed by atoms with Crippen LogP contribution >= 0.6 is 0 Å². The third-order valence-electron chi connectivity index (χ3n) is 4.93. The van der Waals surface area contributed by atoms with Crippen molar-refractivity contribution >= 4 is 17.5 Å². The van der Waals surface area contributed by atoms with E-state index in [1.165, 1.54) is 18.4 Å². The van der Waals surface area contributed by atoms with E-state index in [9.17, 15) is 4.79 Å². The lowest BCUT2D eigenvalue weighted by molar-refractivity contribution is 0.0755. The molecule has 0 radical (unpaired) electrons. The summed E-state index contributed by atoms with van der Waals surface area (Å²) < 4.78 is 0. The quantitative estimate of drug-likeness (QED) is 0.869.